The van der Waals surface area contributed by atoms with Gasteiger partial charge in [0.1, 0.15) is 17.6 Å². The summed E-state index contributed by atoms with van der Waals surface area (Å²) < 4.78 is 5.27. The summed E-state index contributed by atoms with van der Waals surface area (Å²) in [6.07, 6.45) is 1.69. The Balaban J connectivity index is 2.39. The molecule has 5 heteroatoms. The zero-order chi connectivity index (χ0) is 13.7. The van der Waals surface area contributed by atoms with Crippen LogP contribution in [0.4, 0.5) is 17.2 Å². The number of nitrogens with one attached hydrogen (secondary N) is 2. The van der Waals surface area contributed by atoms with Crippen LogP contribution in [0.5, 0.6) is 5.75 Å². The molecule has 0 unspecified atom stereocenters. The molecule has 0 aliphatic carbocycles. The molecule has 96 valence electrons. The van der Waals surface area contributed by atoms with Crippen molar-refractivity contribution in [3.05, 3.63) is 42.1 Å². The summed E-state index contributed by atoms with van der Waals surface area (Å²) >= 11 is 0. The van der Waals surface area contributed by atoms with E-state index in [1.54, 1.807) is 32.5 Å². The number of aromatic nitrogens is 1. The highest BCUT2D eigenvalue weighted by Crippen LogP contribution is 2.31. The second-order valence-electron chi connectivity index (χ2n) is 3.80. The standard InChI is InChI=1S/C14H14N4O/c1-16-13-8-11(6-7-17-13)18-14-10(9-15)4-3-5-12(14)19-2/h3-8H,1-2H3,(H2,16,17,18). The molecule has 0 aliphatic rings. The smallest absolute Gasteiger partial charge is 0.143 e. The van der Waals surface area contributed by atoms with E-state index in [4.69, 9.17) is 10.00 Å². The van der Waals surface area contributed by atoms with Gasteiger partial charge in [-0.1, -0.05) is 6.07 Å². The van der Waals surface area contributed by atoms with Gasteiger partial charge in [0.05, 0.1) is 18.4 Å². The van der Waals surface area contributed by atoms with Crippen LogP contribution in [0.1, 0.15) is 5.56 Å². The zero-order valence-electron chi connectivity index (χ0n) is 10.8. The van der Waals surface area contributed by atoms with Crippen LogP contribution in [0.2, 0.25) is 0 Å². The fraction of sp³-hybridized carbons (Fsp3) is 0.143. The number of pyridine rings is 1. The molecular weight excluding hydrogens is 240 g/mol. The summed E-state index contributed by atoms with van der Waals surface area (Å²) in [5.74, 6) is 1.38. The van der Waals surface area contributed by atoms with Gasteiger partial charge in [0, 0.05) is 25.0 Å². The van der Waals surface area contributed by atoms with Crippen molar-refractivity contribution in [3.63, 3.8) is 0 Å². The molecule has 1 aromatic heterocycles. The quantitative estimate of drug-likeness (QED) is 0.878. The van der Waals surface area contributed by atoms with Gasteiger partial charge in [0.25, 0.3) is 0 Å². The summed E-state index contributed by atoms with van der Waals surface area (Å²) in [4.78, 5) is 4.14. The highest BCUT2D eigenvalue weighted by molar-refractivity contribution is 5.73. The van der Waals surface area contributed by atoms with E-state index in [0.29, 0.717) is 17.0 Å². The van der Waals surface area contributed by atoms with Crippen LogP contribution in [0.15, 0.2) is 36.5 Å². The van der Waals surface area contributed by atoms with Crippen LogP contribution < -0.4 is 15.4 Å². The average molecular weight is 254 g/mol. The predicted molar refractivity (Wildman–Crippen MR) is 74.8 cm³/mol. The van der Waals surface area contributed by atoms with Gasteiger partial charge in [0.15, 0.2) is 0 Å². The van der Waals surface area contributed by atoms with Crippen LogP contribution >= 0.6 is 0 Å². The van der Waals surface area contributed by atoms with Crippen LogP contribution in [0.3, 0.4) is 0 Å². The minimum absolute atomic E-state index is 0.530. The molecule has 5 nitrogen and oxygen atoms in total. The number of anilines is 3. The van der Waals surface area contributed by atoms with E-state index in [9.17, 15) is 0 Å². The van der Waals surface area contributed by atoms with Crippen molar-refractivity contribution in [2.24, 2.45) is 0 Å². The number of hydrogen-bond acceptors (Lipinski definition) is 5. The lowest BCUT2D eigenvalue weighted by Gasteiger charge is -2.13. The number of hydrogen-bond donors (Lipinski definition) is 2. The first-order chi connectivity index (χ1) is 9.28. The van der Waals surface area contributed by atoms with Crippen molar-refractivity contribution in [2.75, 3.05) is 24.8 Å². The lowest BCUT2D eigenvalue weighted by atomic mass is 10.1. The molecule has 1 aromatic carbocycles. The Labute approximate surface area is 111 Å². The highest BCUT2D eigenvalue weighted by Gasteiger charge is 2.09. The number of nitriles is 1. The molecule has 2 N–H and O–H groups in total. The summed E-state index contributed by atoms with van der Waals surface area (Å²) in [6, 6.07) is 11.2. The topological polar surface area (TPSA) is 70.0 Å². The third-order valence-corrected chi connectivity index (χ3v) is 2.65. The number of para-hydroxylation sites is 1. The average Bonchev–Trinajstić information content (AvgIpc) is 2.47. The van der Waals surface area contributed by atoms with Crippen LogP contribution in [-0.4, -0.2) is 19.1 Å². The van der Waals surface area contributed by atoms with Crippen molar-refractivity contribution in [2.45, 2.75) is 0 Å². The van der Waals surface area contributed by atoms with E-state index in [1.807, 2.05) is 18.2 Å². The maximum Gasteiger partial charge on any atom is 0.143 e. The lowest BCUT2D eigenvalue weighted by Crippen LogP contribution is -1.99. The van der Waals surface area contributed by atoms with E-state index in [2.05, 4.69) is 21.7 Å². The number of benzene rings is 1. The molecule has 0 fully saturated rings. The maximum atomic E-state index is 9.15. The molecule has 19 heavy (non-hydrogen) atoms. The number of ether oxygens (including phenoxy) is 1. The summed E-state index contributed by atoms with van der Waals surface area (Å²) in [5, 5.41) is 15.3. The Kier molecular flexibility index (Phi) is 3.84. The van der Waals surface area contributed by atoms with E-state index < -0.39 is 0 Å². The molecule has 0 radical (unpaired) electrons. The van der Waals surface area contributed by atoms with E-state index in [0.717, 1.165) is 11.5 Å². The fourth-order valence-electron chi connectivity index (χ4n) is 1.71. The van der Waals surface area contributed by atoms with E-state index in [1.165, 1.54) is 0 Å². The van der Waals surface area contributed by atoms with Crippen LogP contribution in [-0.2, 0) is 0 Å². The van der Waals surface area contributed by atoms with Crippen molar-refractivity contribution >= 4 is 17.2 Å². The third kappa shape index (κ3) is 2.75. The van der Waals surface area contributed by atoms with Crippen molar-refractivity contribution < 1.29 is 4.74 Å². The summed E-state index contributed by atoms with van der Waals surface area (Å²) in [7, 11) is 3.38. The number of rotatable bonds is 4. The largest absolute Gasteiger partial charge is 0.495 e. The van der Waals surface area contributed by atoms with E-state index in [-0.39, 0.29) is 0 Å². The summed E-state index contributed by atoms with van der Waals surface area (Å²) in [6.45, 7) is 0. The first-order valence-electron chi connectivity index (χ1n) is 5.76. The molecule has 0 amide bonds. The van der Waals surface area contributed by atoms with Crippen molar-refractivity contribution in [1.82, 2.24) is 4.98 Å². The van der Waals surface area contributed by atoms with Gasteiger partial charge in [-0.05, 0) is 18.2 Å². The van der Waals surface area contributed by atoms with Crippen molar-refractivity contribution in [1.29, 1.82) is 5.26 Å². The Hall–Kier alpha value is -2.74. The minimum Gasteiger partial charge on any atom is -0.495 e. The minimum atomic E-state index is 0.530. The van der Waals surface area contributed by atoms with Crippen LogP contribution in [0.25, 0.3) is 0 Å². The highest BCUT2D eigenvalue weighted by atomic mass is 16.5. The molecular formula is C14H14N4O. The molecule has 2 aromatic rings. The second-order valence-corrected chi connectivity index (χ2v) is 3.80. The molecule has 2 rings (SSSR count). The first-order valence-corrected chi connectivity index (χ1v) is 5.76. The normalized spacial score (nSPS) is 9.53. The zero-order valence-corrected chi connectivity index (χ0v) is 10.8. The lowest BCUT2D eigenvalue weighted by molar-refractivity contribution is 0.416. The van der Waals surface area contributed by atoms with Gasteiger partial charge >= 0.3 is 0 Å². The fourth-order valence-corrected chi connectivity index (χ4v) is 1.71. The summed E-state index contributed by atoms with van der Waals surface area (Å²) in [5.41, 5.74) is 2.02. The van der Waals surface area contributed by atoms with Crippen LogP contribution in [0, 0.1) is 11.3 Å². The van der Waals surface area contributed by atoms with Gasteiger partial charge in [-0.3, -0.25) is 0 Å². The first kappa shape index (κ1) is 12.7. The van der Waals surface area contributed by atoms with Gasteiger partial charge in [-0.15, -0.1) is 0 Å². The molecule has 0 saturated carbocycles. The Morgan fingerprint density at radius 3 is 2.84 bits per heavy atom. The monoisotopic (exact) mass is 254 g/mol. The Morgan fingerprint density at radius 1 is 1.32 bits per heavy atom. The van der Waals surface area contributed by atoms with E-state index >= 15 is 0 Å². The number of nitrogens with zero attached hydrogens (tertiary/aromatic N) is 2. The van der Waals surface area contributed by atoms with Gasteiger partial charge in [0.2, 0.25) is 0 Å². The number of methoxy groups -OCH3 is 1. The molecule has 0 bridgehead atoms. The SMILES string of the molecule is CNc1cc(Nc2c(C#N)cccc2OC)ccn1. The Bertz CT molecular complexity index is 619. The van der Waals surface area contributed by atoms with Gasteiger partial charge in [-0.25, -0.2) is 4.98 Å². The second kappa shape index (κ2) is 5.74. The maximum absolute atomic E-state index is 9.15. The molecule has 0 atom stereocenters. The third-order valence-electron chi connectivity index (χ3n) is 2.65. The molecule has 0 aliphatic heterocycles. The molecule has 0 spiro atoms. The Morgan fingerprint density at radius 2 is 2.16 bits per heavy atom. The van der Waals surface area contributed by atoms with Gasteiger partial charge < -0.3 is 15.4 Å². The predicted octanol–water partition coefficient (Wildman–Crippen LogP) is 2.75. The molecule has 0 saturated heterocycles. The molecule has 1 heterocycles. The van der Waals surface area contributed by atoms with Crippen molar-refractivity contribution in [3.8, 4) is 11.8 Å². The van der Waals surface area contributed by atoms with Gasteiger partial charge in [-0.2, -0.15) is 5.26 Å².